The average molecular weight is 297 g/mol. The van der Waals surface area contributed by atoms with Crippen LogP contribution in [0.25, 0.3) is 11.3 Å². The van der Waals surface area contributed by atoms with Crippen LogP contribution in [0.1, 0.15) is 11.1 Å². The van der Waals surface area contributed by atoms with Crippen molar-refractivity contribution in [2.75, 3.05) is 0 Å². The fourth-order valence-corrected chi connectivity index (χ4v) is 1.94. The lowest BCUT2D eigenvalue weighted by Gasteiger charge is -2.08. The molecule has 0 unspecified atom stereocenters. The van der Waals surface area contributed by atoms with Gasteiger partial charge in [0.25, 0.3) is 5.56 Å². The van der Waals surface area contributed by atoms with Gasteiger partial charge < -0.3 is 0 Å². The van der Waals surface area contributed by atoms with Gasteiger partial charge in [-0.25, -0.2) is 9.49 Å². The van der Waals surface area contributed by atoms with Crippen LogP contribution in [0.5, 0.6) is 0 Å². The first-order chi connectivity index (χ1) is 8.02. The Hall–Kier alpha value is -1.49. The third kappa shape index (κ3) is 2.02. The van der Waals surface area contributed by atoms with Crippen LogP contribution in [0.2, 0.25) is 0 Å². The molecule has 0 bridgehead atoms. The van der Waals surface area contributed by atoms with E-state index in [9.17, 15) is 9.18 Å². The molecule has 0 saturated heterocycles. The molecule has 17 heavy (non-hydrogen) atoms. The summed E-state index contributed by atoms with van der Waals surface area (Å²) in [5.74, 6) is -0.380. The molecule has 0 saturated carbocycles. The van der Waals surface area contributed by atoms with Crippen molar-refractivity contribution in [2.24, 2.45) is 0 Å². The van der Waals surface area contributed by atoms with Gasteiger partial charge in [-0.3, -0.25) is 4.79 Å². The van der Waals surface area contributed by atoms with Crippen molar-refractivity contribution in [1.29, 1.82) is 0 Å². The Kier molecular flexibility index (Phi) is 3.11. The third-order valence-corrected chi connectivity index (χ3v) is 3.35. The monoisotopic (exact) mass is 296 g/mol. The van der Waals surface area contributed by atoms with Crippen LogP contribution < -0.4 is 5.56 Å². The molecule has 0 aliphatic carbocycles. The summed E-state index contributed by atoms with van der Waals surface area (Å²) >= 11 is 3.13. The zero-order chi connectivity index (χ0) is 12.6. The Morgan fingerprint density at radius 3 is 2.71 bits per heavy atom. The van der Waals surface area contributed by atoms with Gasteiger partial charge in [-0.15, -0.1) is 0 Å². The van der Waals surface area contributed by atoms with E-state index in [2.05, 4.69) is 26.1 Å². The van der Waals surface area contributed by atoms with Crippen LogP contribution in [-0.4, -0.2) is 10.2 Å². The minimum Gasteiger partial charge on any atom is -0.268 e. The van der Waals surface area contributed by atoms with E-state index in [1.54, 1.807) is 32.0 Å². The number of hydrogen-bond acceptors (Lipinski definition) is 2. The molecule has 0 radical (unpaired) electrons. The first-order valence-corrected chi connectivity index (χ1v) is 5.82. The minimum atomic E-state index is -0.380. The molecule has 5 heteroatoms. The van der Waals surface area contributed by atoms with E-state index < -0.39 is 0 Å². The molecule has 1 heterocycles. The number of nitrogens with one attached hydrogen (secondary N) is 1. The molecule has 0 amide bonds. The maximum Gasteiger partial charge on any atom is 0.267 e. The Bertz CT molecular complexity index is 637. The highest BCUT2D eigenvalue weighted by molar-refractivity contribution is 9.10. The van der Waals surface area contributed by atoms with Gasteiger partial charge in [-0.2, -0.15) is 5.10 Å². The molecule has 2 aromatic rings. The van der Waals surface area contributed by atoms with Gasteiger partial charge in [0, 0.05) is 11.1 Å². The van der Waals surface area contributed by atoms with E-state index in [1.807, 2.05) is 0 Å². The summed E-state index contributed by atoms with van der Waals surface area (Å²) < 4.78 is 14.3. The molecular weight excluding hydrogens is 287 g/mol. The van der Waals surface area contributed by atoms with E-state index >= 15 is 0 Å². The summed E-state index contributed by atoms with van der Waals surface area (Å²) in [5.41, 5.74) is 1.82. The molecule has 0 atom stereocenters. The van der Waals surface area contributed by atoms with Crippen LogP contribution in [0.15, 0.2) is 27.5 Å². The Labute approximate surface area is 106 Å². The van der Waals surface area contributed by atoms with Gasteiger partial charge >= 0.3 is 0 Å². The Morgan fingerprint density at radius 2 is 2.00 bits per heavy atom. The van der Waals surface area contributed by atoms with Crippen molar-refractivity contribution in [2.45, 2.75) is 13.8 Å². The van der Waals surface area contributed by atoms with Gasteiger partial charge in [0.2, 0.25) is 0 Å². The number of halogens is 2. The van der Waals surface area contributed by atoms with Gasteiger partial charge in [0.1, 0.15) is 5.82 Å². The summed E-state index contributed by atoms with van der Waals surface area (Å²) in [7, 11) is 0. The predicted octanol–water partition coefficient (Wildman–Crippen LogP) is 2.96. The summed E-state index contributed by atoms with van der Waals surface area (Å²) in [6.45, 7) is 3.45. The number of nitrogens with zero attached hydrogens (tertiary/aromatic N) is 1. The number of benzene rings is 1. The molecule has 1 aromatic carbocycles. The fourth-order valence-electron chi connectivity index (χ4n) is 1.57. The first kappa shape index (κ1) is 12.0. The van der Waals surface area contributed by atoms with E-state index in [-0.39, 0.29) is 11.4 Å². The molecule has 0 aliphatic rings. The normalized spacial score (nSPS) is 10.6. The second-order valence-corrected chi connectivity index (χ2v) is 4.61. The van der Waals surface area contributed by atoms with Crippen molar-refractivity contribution >= 4 is 15.9 Å². The molecule has 1 N–H and O–H groups in total. The molecule has 0 spiro atoms. The number of aromatic nitrogens is 2. The van der Waals surface area contributed by atoms with Crippen molar-refractivity contribution in [3.63, 3.8) is 0 Å². The number of aromatic amines is 1. The highest BCUT2D eigenvalue weighted by atomic mass is 79.9. The lowest BCUT2D eigenvalue weighted by Crippen LogP contribution is -2.14. The van der Waals surface area contributed by atoms with Crippen LogP contribution in [0, 0.1) is 19.7 Å². The maximum atomic E-state index is 13.9. The summed E-state index contributed by atoms with van der Waals surface area (Å²) in [6, 6.07) is 4.98. The Morgan fingerprint density at radius 1 is 1.29 bits per heavy atom. The van der Waals surface area contributed by atoms with Crippen molar-refractivity contribution in [3.05, 3.63) is 50.0 Å². The van der Waals surface area contributed by atoms with Gasteiger partial charge in [-0.1, -0.05) is 6.07 Å². The summed E-state index contributed by atoms with van der Waals surface area (Å²) in [6.07, 6.45) is 0. The van der Waals surface area contributed by atoms with E-state index in [0.717, 1.165) is 0 Å². The molecule has 0 fully saturated rings. The lowest BCUT2D eigenvalue weighted by molar-refractivity contribution is 0.623. The fraction of sp³-hybridized carbons (Fsp3) is 0.167. The third-order valence-electron chi connectivity index (χ3n) is 2.73. The van der Waals surface area contributed by atoms with Gasteiger partial charge in [0.05, 0.1) is 10.2 Å². The van der Waals surface area contributed by atoms with Crippen molar-refractivity contribution in [3.8, 4) is 11.3 Å². The molecule has 1 aromatic heterocycles. The number of hydrogen-bond donors (Lipinski definition) is 1. The predicted molar refractivity (Wildman–Crippen MR) is 67.4 cm³/mol. The number of rotatable bonds is 1. The standard InChI is InChI=1S/C12H10BrFN2O/c1-6-7(2)12(17)16-15-11(6)8-4-3-5-9(13)10(8)14/h3-5H,1-2H3,(H,16,17). The SMILES string of the molecule is Cc1c(-c2cccc(Br)c2F)n[nH]c(=O)c1C. The first-order valence-electron chi connectivity index (χ1n) is 5.02. The van der Waals surface area contributed by atoms with E-state index in [0.29, 0.717) is 26.9 Å². The average Bonchev–Trinajstić information content (AvgIpc) is 2.31. The summed E-state index contributed by atoms with van der Waals surface area (Å²) in [4.78, 5) is 11.4. The second-order valence-electron chi connectivity index (χ2n) is 3.75. The number of H-pyrrole nitrogens is 1. The molecule has 0 aliphatic heterocycles. The minimum absolute atomic E-state index is 0.248. The zero-order valence-corrected chi connectivity index (χ0v) is 10.9. The maximum absolute atomic E-state index is 13.9. The largest absolute Gasteiger partial charge is 0.268 e. The van der Waals surface area contributed by atoms with Crippen LogP contribution in [0.3, 0.4) is 0 Å². The summed E-state index contributed by atoms with van der Waals surface area (Å²) in [5, 5.41) is 6.28. The van der Waals surface area contributed by atoms with Crippen LogP contribution in [0.4, 0.5) is 4.39 Å². The second kappa shape index (κ2) is 4.41. The molecular formula is C12H10BrFN2O. The van der Waals surface area contributed by atoms with Crippen molar-refractivity contribution < 1.29 is 4.39 Å². The Balaban J connectivity index is 2.74. The zero-order valence-electron chi connectivity index (χ0n) is 9.34. The lowest BCUT2D eigenvalue weighted by atomic mass is 10.0. The molecule has 3 nitrogen and oxygen atoms in total. The molecule has 2 rings (SSSR count). The highest BCUT2D eigenvalue weighted by Crippen LogP contribution is 2.28. The van der Waals surface area contributed by atoms with Crippen LogP contribution in [-0.2, 0) is 0 Å². The van der Waals surface area contributed by atoms with E-state index in [1.165, 1.54) is 0 Å². The van der Waals surface area contributed by atoms with Gasteiger partial charge in [-0.05, 0) is 47.5 Å². The topological polar surface area (TPSA) is 45.8 Å². The van der Waals surface area contributed by atoms with E-state index in [4.69, 9.17) is 0 Å². The quantitative estimate of drug-likeness (QED) is 0.879. The smallest absolute Gasteiger partial charge is 0.267 e. The van der Waals surface area contributed by atoms with Gasteiger partial charge in [0.15, 0.2) is 0 Å². The van der Waals surface area contributed by atoms with Crippen LogP contribution >= 0.6 is 15.9 Å². The van der Waals surface area contributed by atoms with Crippen molar-refractivity contribution in [1.82, 2.24) is 10.2 Å². The highest BCUT2D eigenvalue weighted by Gasteiger charge is 2.14. The molecule has 88 valence electrons.